The largest absolute Gasteiger partial charge is 0.411 e. The average Bonchev–Trinajstić information content (AvgIpc) is 2.99. The first-order valence-electron chi connectivity index (χ1n) is 5.89. The molecule has 1 N–H and O–H groups in total. The summed E-state index contributed by atoms with van der Waals surface area (Å²) in [6.07, 6.45) is -0.0443. The van der Waals surface area contributed by atoms with E-state index in [0.717, 1.165) is 13.0 Å². The number of ether oxygens (including phenoxy) is 1. The van der Waals surface area contributed by atoms with E-state index >= 15 is 0 Å². The molecule has 2 nitrogen and oxygen atoms in total. The van der Waals surface area contributed by atoms with Crippen molar-refractivity contribution in [3.63, 3.8) is 0 Å². The van der Waals surface area contributed by atoms with Crippen molar-refractivity contribution in [2.24, 2.45) is 5.92 Å². The lowest BCUT2D eigenvalue weighted by Crippen LogP contribution is -2.26. The van der Waals surface area contributed by atoms with Crippen LogP contribution in [0.5, 0.6) is 0 Å². The van der Waals surface area contributed by atoms with Gasteiger partial charge < -0.3 is 10.1 Å². The SMILES string of the molecule is CCC(CCOCC(F)(F)F)CNC1CC1. The molecule has 0 amide bonds. The Balaban J connectivity index is 1.99. The smallest absolute Gasteiger partial charge is 0.372 e. The van der Waals surface area contributed by atoms with E-state index in [4.69, 9.17) is 0 Å². The third kappa shape index (κ3) is 7.06. The van der Waals surface area contributed by atoms with Crippen molar-refractivity contribution in [3.05, 3.63) is 0 Å². The number of hydrogen-bond acceptors (Lipinski definition) is 2. The van der Waals surface area contributed by atoms with Crippen molar-refractivity contribution in [2.75, 3.05) is 19.8 Å². The van der Waals surface area contributed by atoms with Crippen LogP contribution in [0, 0.1) is 5.92 Å². The standard InChI is InChI=1S/C11H20F3NO/c1-2-9(7-15-10-3-4-10)5-6-16-8-11(12,13)14/h9-10,15H,2-8H2,1H3. The summed E-state index contributed by atoms with van der Waals surface area (Å²) in [6.45, 7) is 2.03. The molecule has 0 spiro atoms. The Hall–Kier alpha value is -0.290. The number of nitrogens with one attached hydrogen (secondary N) is 1. The van der Waals surface area contributed by atoms with Gasteiger partial charge in [-0.2, -0.15) is 13.2 Å². The molecule has 1 saturated carbocycles. The van der Waals surface area contributed by atoms with Crippen molar-refractivity contribution in [3.8, 4) is 0 Å². The first-order chi connectivity index (χ1) is 7.51. The van der Waals surface area contributed by atoms with Crippen LogP contribution in [-0.4, -0.2) is 32.0 Å². The highest BCUT2D eigenvalue weighted by Gasteiger charge is 2.27. The molecule has 0 aromatic carbocycles. The van der Waals surface area contributed by atoms with Crippen LogP contribution in [0.1, 0.15) is 32.6 Å². The Bertz CT molecular complexity index is 192. The van der Waals surface area contributed by atoms with Gasteiger partial charge in [-0.25, -0.2) is 0 Å². The van der Waals surface area contributed by atoms with Gasteiger partial charge in [0.05, 0.1) is 0 Å². The molecular formula is C11H20F3NO. The van der Waals surface area contributed by atoms with Crippen molar-refractivity contribution >= 4 is 0 Å². The Morgan fingerprint density at radius 1 is 1.38 bits per heavy atom. The maximum Gasteiger partial charge on any atom is 0.411 e. The summed E-state index contributed by atoms with van der Waals surface area (Å²) in [6, 6.07) is 0.658. The Morgan fingerprint density at radius 2 is 2.06 bits per heavy atom. The lowest BCUT2D eigenvalue weighted by atomic mass is 10.0. The van der Waals surface area contributed by atoms with Gasteiger partial charge in [-0.1, -0.05) is 13.3 Å². The van der Waals surface area contributed by atoms with Gasteiger partial charge in [-0.15, -0.1) is 0 Å². The minimum absolute atomic E-state index is 0.199. The number of halogens is 3. The van der Waals surface area contributed by atoms with Crippen molar-refractivity contribution in [1.82, 2.24) is 5.32 Å². The Kier molecular flexibility index (Phi) is 5.55. The van der Waals surface area contributed by atoms with Gasteiger partial charge in [0.1, 0.15) is 6.61 Å². The van der Waals surface area contributed by atoms with E-state index in [1.54, 1.807) is 0 Å². The zero-order chi connectivity index (χ0) is 12.0. The van der Waals surface area contributed by atoms with Crippen LogP contribution < -0.4 is 5.32 Å². The van der Waals surface area contributed by atoms with Crippen LogP contribution in [0.25, 0.3) is 0 Å². The second kappa shape index (κ2) is 6.45. The minimum atomic E-state index is -4.20. The average molecular weight is 239 g/mol. The Labute approximate surface area is 94.5 Å². The quantitative estimate of drug-likeness (QED) is 0.658. The summed E-state index contributed by atoms with van der Waals surface area (Å²) in [7, 11) is 0. The molecule has 0 aliphatic heterocycles. The first-order valence-corrected chi connectivity index (χ1v) is 5.89. The highest BCUT2D eigenvalue weighted by Crippen LogP contribution is 2.20. The van der Waals surface area contributed by atoms with E-state index in [1.807, 2.05) is 0 Å². The van der Waals surface area contributed by atoms with Crippen LogP contribution in [0.15, 0.2) is 0 Å². The second-order valence-corrected chi connectivity index (χ2v) is 4.41. The van der Waals surface area contributed by atoms with E-state index in [0.29, 0.717) is 18.4 Å². The first kappa shape index (κ1) is 13.8. The molecule has 16 heavy (non-hydrogen) atoms. The summed E-state index contributed by atoms with van der Waals surface area (Å²) in [4.78, 5) is 0. The molecule has 0 aromatic rings. The molecule has 5 heteroatoms. The summed E-state index contributed by atoms with van der Waals surface area (Å²) < 4.78 is 40.0. The molecule has 1 unspecified atom stereocenters. The van der Waals surface area contributed by atoms with Crippen LogP contribution in [-0.2, 0) is 4.74 Å². The van der Waals surface area contributed by atoms with Gasteiger partial charge >= 0.3 is 6.18 Å². The maximum atomic E-state index is 11.8. The molecule has 1 atom stereocenters. The number of rotatable bonds is 8. The Morgan fingerprint density at radius 3 is 2.56 bits per heavy atom. The summed E-state index contributed by atoms with van der Waals surface area (Å²) in [5.74, 6) is 0.425. The van der Waals surface area contributed by atoms with Crippen LogP contribution in [0.2, 0.25) is 0 Å². The molecule has 0 bridgehead atoms. The summed E-state index contributed by atoms with van der Waals surface area (Å²) >= 11 is 0. The predicted molar refractivity (Wildman–Crippen MR) is 56.3 cm³/mol. The van der Waals surface area contributed by atoms with Gasteiger partial charge in [0.25, 0.3) is 0 Å². The minimum Gasteiger partial charge on any atom is -0.372 e. The highest BCUT2D eigenvalue weighted by molar-refractivity contribution is 4.81. The van der Waals surface area contributed by atoms with Crippen molar-refractivity contribution in [2.45, 2.75) is 44.8 Å². The third-order valence-electron chi connectivity index (χ3n) is 2.79. The maximum absolute atomic E-state index is 11.8. The van der Waals surface area contributed by atoms with Crippen molar-refractivity contribution < 1.29 is 17.9 Å². The monoisotopic (exact) mass is 239 g/mol. The van der Waals surface area contributed by atoms with E-state index in [1.165, 1.54) is 12.8 Å². The topological polar surface area (TPSA) is 21.3 Å². The van der Waals surface area contributed by atoms with Gasteiger partial charge in [0.2, 0.25) is 0 Å². The summed E-state index contributed by atoms with van der Waals surface area (Å²) in [5.41, 5.74) is 0. The molecule has 0 aromatic heterocycles. The fourth-order valence-corrected chi connectivity index (χ4v) is 1.51. The normalized spacial score (nSPS) is 18.8. The molecule has 0 saturated heterocycles. The van der Waals surface area contributed by atoms with Crippen LogP contribution >= 0.6 is 0 Å². The fourth-order valence-electron chi connectivity index (χ4n) is 1.51. The number of alkyl halides is 3. The van der Waals surface area contributed by atoms with Gasteiger partial charge in [-0.3, -0.25) is 0 Å². The zero-order valence-corrected chi connectivity index (χ0v) is 9.65. The van der Waals surface area contributed by atoms with E-state index in [2.05, 4.69) is 17.0 Å². The van der Waals surface area contributed by atoms with Gasteiger partial charge in [0.15, 0.2) is 0 Å². The molecule has 1 aliphatic rings. The molecule has 0 heterocycles. The fraction of sp³-hybridized carbons (Fsp3) is 1.00. The molecule has 1 rings (SSSR count). The zero-order valence-electron chi connectivity index (χ0n) is 9.65. The predicted octanol–water partition coefficient (Wildman–Crippen LogP) is 2.73. The van der Waals surface area contributed by atoms with E-state index in [9.17, 15) is 13.2 Å². The van der Waals surface area contributed by atoms with Crippen LogP contribution in [0.4, 0.5) is 13.2 Å². The van der Waals surface area contributed by atoms with E-state index in [-0.39, 0.29) is 6.61 Å². The second-order valence-electron chi connectivity index (χ2n) is 4.41. The third-order valence-corrected chi connectivity index (χ3v) is 2.79. The molecule has 1 aliphatic carbocycles. The molecule has 96 valence electrons. The molecular weight excluding hydrogens is 219 g/mol. The molecule has 0 radical (unpaired) electrons. The lowest BCUT2D eigenvalue weighted by molar-refractivity contribution is -0.174. The van der Waals surface area contributed by atoms with Gasteiger partial charge in [-0.05, 0) is 31.7 Å². The summed E-state index contributed by atoms with van der Waals surface area (Å²) in [5, 5.41) is 3.39. The molecule has 1 fully saturated rings. The lowest BCUT2D eigenvalue weighted by Gasteiger charge is -2.16. The highest BCUT2D eigenvalue weighted by atomic mass is 19.4. The van der Waals surface area contributed by atoms with Crippen molar-refractivity contribution in [1.29, 1.82) is 0 Å². The number of hydrogen-bond donors (Lipinski definition) is 1. The van der Waals surface area contributed by atoms with Crippen LogP contribution in [0.3, 0.4) is 0 Å². The van der Waals surface area contributed by atoms with E-state index < -0.39 is 12.8 Å². The van der Waals surface area contributed by atoms with Gasteiger partial charge in [0, 0.05) is 12.6 Å².